The Morgan fingerprint density at radius 2 is 1.67 bits per heavy atom. The Hall–Kier alpha value is 0.492. The first-order chi connectivity index (χ1) is 4.20. The van der Waals surface area contributed by atoms with E-state index in [0.29, 0.717) is 6.10 Å². The first-order valence-corrected chi connectivity index (χ1v) is 5.96. The van der Waals surface area contributed by atoms with Crippen molar-refractivity contribution >= 4 is 14.5 Å². The van der Waals surface area contributed by atoms with E-state index in [-0.39, 0.29) is 0 Å². The Bertz CT molecular complexity index is 59.9. The molecule has 0 saturated carbocycles. The summed E-state index contributed by atoms with van der Waals surface area (Å²) in [6, 6.07) is 0. The zero-order valence-corrected chi connectivity index (χ0v) is 8.13. The van der Waals surface area contributed by atoms with Crippen LogP contribution in [0.2, 0.25) is 10.6 Å². The first kappa shape index (κ1) is 9.49. The lowest BCUT2D eigenvalue weighted by Gasteiger charge is -2.12. The van der Waals surface area contributed by atoms with Crippen molar-refractivity contribution in [1.29, 1.82) is 0 Å². The standard InChI is InChI=1S/C3H7O.2C2H5.Al/c1-3(2)4;2*1-2;/h3H,1-2H3;2*1H2,2H3;/q-1;;;+1. The topological polar surface area (TPSA) is 9.23 Å². The summed E-state index contributed by atoms with van der Waals surface area (Å²) >= 11 is -0.750. The molecule has 0 saturated heterocycles. The second-order valence-electron chi connectivity index (χ2n) is 2.62. The zero-order chi connectivity index (χ0) is 7.28. The quantitative estimate of drug-likeness (QED) is 0.551. The summed E-state index contributed by atoms with van der Waals surface area (Å²) in [6.45, 7) is 8.68. The highest BCUT2D eigenvalue weighted by Crippen LogP contribution is 2.02. The monoisotopic (exact) mass is 144 g/mol. The summed E-state index contributed by atoms with van der Waals surface area (Å²) in [5, 5.41) is 2.54. The third-order valence-electron chi connectivity index (χ3n) is 1.38. The van der Waals surface area contributed by atoms with Gasteiger partial charge in [0.15, 0.2) is 0 Å². The van der Waals surface area contributed by atoms with Crippen LogP contribution in [0.4, 0.5) is 0 Å². The van der Waals surface area contributed by atoms with Gasteiger partial charge >= 0.3 is 14.5 Å². The fourth-order valence-electron chi connectivity index (χ4n) is 0.866. The molecule has 0 aromatic heterocycles. The Morgan fingerprint density at radius 3 is 1.78 bits per heavy atom. The van der Waals surface area contributed by atoms with Crippen molar-refractivity contribution in [2.75, 3.05) is 0 Å². The molecule has 0 heterocycles. The van der Waals surface area contributed by atoms with E-state index in [1.165, 1.54) is 10.6 Å². The number of rotatable bonds is 4. The van der Waals surface area contributed by atoms with Crippen molar-refractivity contribution in [3.05, 3.63) is 0 Å². The fraction of sp³-hybridized carbons (Fsp3) is 1.00. The smallest absolute Gasteiger partial charge is 0.460 e. The Balaban J connectivity index is 3.31. The van der Waals surface area contributed by atoms with Gasteiger partial charge in [-0.2, -0.15) is 0 Å². The maximum atomic E-state index is 5.69. The van der Waals surface area contributed by atoms with Crippen LogP contribution in [-0.2, 0) is 3.79 Å². The van der Waals surface area contributed by atoms with Gasteiger partial charge < -0.3 is 3.79 Å². The van der Waals surface area contributed by atoms with Crippen molar-refractivity contribution in [2.24, 2.45) is 0 Å². The molecule has 0 fully saturated rings. The lowest BCUT2D eigenvalue weighted by atomic mass is 10.5. The molecule has 54 valence electrons. The minimum Gasteiger partial charge on any atom is -0.499 e. The van der Waals surface area contributed by atoms with E-state index in [2.05, 4.69) is 27.7 Å². The lowest BCUT2D eigenvalue weighted by Crippen LogP contribution is -2.19. The highest BCUT2D eigenvalue weighted by molar-refractivity contribution is 6.51. The molecule has 0 bridgehead atoms. The summed E-state index contributed by atoms with van der Waals surface area (Å²) < 4.78 is 5.69. The van der Waals surface area contributed by atoms with Crippen molar-refractivity contribution in [3.8, 4) is 0 Å². The molecule has 0 aliphatic carbocycles. The highest BCUT2D eigenvalue weighted by Gasteiger charge is 2.15. The molecule has 0 N–H and O–H groups in total. The summed E-state index contributed by atoms with van der Waals surface area (Å²) in [5.74, 6) is 0. The maximum absolute atomic E-state index is 5.69. The van der Waals surface area contributed by atoms with Gasteiger partial charge in [0.05, 0.1) is 0 Å². The van der Waals surface area contributed by atoms with Crippen LogP contribution in [0.3, 0.4) is 0 Å². The molecule has 0 spiro atoms. The van der Waals surface area contributed by atoms with Crippen LogP contribution in [-0.4, -0.2) is 20.6 Å². The lowest BCUT2D eigenvalue weighted by molar-refractivity contribution is 0.242. The Kier molecular flexibility index (Phi) is 5.58. The largest absolute Gasteiger partial charge is 0.499 e. The molecule has 0 atom stereocenters. The van der Waals surface area contributed by atoms with Gasteiger partial charge in [-0.15, -0.1) is 0 Å². The van der Waals surface area contributed by atoms with Crippen molar-refractivity contribution in [3.63, 3.8) is 0 Å². The van der Waals surface area contributed by atoms with Gasteiger partial charge in [0.2, 0.25) is 0 Å². The molecular formula is C7H17AlO. The molecule has 9 heavy (non-hydrogen) atoms. The average Bonchev–Trinajstić information content (AvgIpc) is 1.82. The second-order valence-corrected chi connectivity index (χ2v) is 5.77. The van der Waals surface area contributed by atoms with Gasteiger partial charge in [-0.25, -0.2) is 0 Å². The molecule has 1 nitrogen and oxygen atoms in total. The van der Waals surface area contributed by atoms with Crippen LogP contribution in [0.25, 0.3) is 0 Å². The van der Waals surface area contributed by atoms with Crippen LogP contribution in [0.5, 0.6) is 0 Å². The first-order valence-electron chi connectivity index (χ1n) is 3.86. The van der Waals surface area contributed by atoms with E-state index in [4.69, 9.17) is 3.79 Å². The predicted molar refractivity (Wildman–Crippen MR) is 42.9 cm³/mol. The van der Waals surface area contributed by atoms with E-state index in [0.717, 1.165) is 0 Å². The van der Waals surface area contributed by atoms with E-state index in [1.807, 2.05) is 0 Å². The molecule has 0 radical (unpaired) electrons. The van der Waals surface area contributed by atoms with Crippen molar-refractivity contribution in [1.82, 2.24) is 0 Å². The Labute approximate surface area is 63.1 Å². The summed E-state index contributed by atoms with van der Waals surface area (Å²) in [4.78, 5) is 0. The summed E-state index contributed by atoms with van der Waals surface area (Å²) in [6.07, 6.45) is 0.446. The molecule has 0 rings (SSSR count). The second kappa shape index (κ2) is 5.29. The summed E-state index contributed by atoms with van der Waals surface area (Å²) in [7, 11) is 0. The van der Waals surface area contributed by atoms with Crippen LogP contribution in [0, 0.1) is 0 Å². The van der Waals surface area contributed by atoms with Gasteiger partial charge in [-0.05, 0) is 13.8 Å². The van der Waals surface area contributed by atoms with E-state index in [1.54, 1.807) is 0 Å². The Morgan fingerprint density at radius 1 is 1.22 bits per heavy atom. The van der Waals surface area contributed by atoms with Crippen molar-refractivity contribution in [2.45, 2.75) is 44.4 Å². The maximum Gasteiger partial charge on any atom is 0.460 e. The molecule has 0 aromatic carbocycles. The minimum absolute atomic E-state index is 0.446. The van der Waals surface area contributed by atoms with Gasteiger partial charge in [-0.3, -0.25) is 0 Å². The third-order valence-corrected chi connectivity index (χ3v) is 4.13. The SMILES string of the molecule is C[CH2][Al]([CH2]C)[O]C(C)C. The van der Waals surface area contributed by atoms with Crippen LogP contribution in [0.15, 0.2) is 0 Å². The number of hydrogen-bond acceptors (Lipinski definition) is 1. The van der Waals surface area contributed by atoms with E-state index >= 15 is 0 Å². The third kappa shape index (κ3) is 4.96. The predicted octanol–water partition coefficient (Wildman–Crippen LogP) is 2.44. The van der Waals surface area contributed by atoms with Crippen molar-refractivity contribution < 1.29 is 3.79 Å². The van der Waals surface area contributed by atoms with Gasteiger partial charge in [-0.1, -0.05) is 24.4 Å². The minimum atomic E-state index is -0.750. The van der Waals surface area contributed by atoms with Crippen LogP contribution < -0.4 is 0 Å². The molecule has 0 amide bonds. The molecule has 0 aliphatic rings. The highest BCUT2D eigenvalue weighted by atomic mass is 27.2. The number of hydrogen-bond donors (Lipinski definition) is 0. The molecule has 0 aliphatic heterocycles. The molecule has 2 heteroatoms. The fourth-order valence-corrected chi connectivity index (χ4v) is 2.60. The van der Waals surface area contributed by atoms with Crippen LogP contribution in [0.1, 0.15) is 27.7 Å². The van der Waals surface area contributed by atoms with Crippen LogP contribution >= 0.6 is 0 Å². The molecular weight excluding hydrogens is 127 g/mol. The zero-order valence-electron chi connectivity index (χ0n) is 6.98. The average molecular weight is 144 g/mol. The van der Waals surface area contributed by atoms with Gasteiger partial charge in [0.1, 0.15) is 0 Å². The van der Waals surface area contributed by atoms with Gasteiger partial charge in [0, 0.05) is 6.10 Å². The summed E-state index contributed by atoms with van der Waals surface area (Å²) in [5.41, 5.74) is 0. The normalized spacial score (nSPS) is 10.3. The van der Waals surface area contributed by atoms with E-state index in [9.17, 15) is 0 Å². The van der Waals surface area contributed by atoms with E-state index < -0.39 is 14.5 Å². The molecule has 0 aromatic rings. The van der Waals surface area contributed by atoms with Gasteiger partial charge in [0.25, 0.3) is 0 Å². The molecule has 0 unspecified atom stereocenters.